The van der Waals surface area contributed by atoms with Crippen LogP contribution in [0.25, 0.3) is 0 Å². The van der Waals surface area contributed by atoms with Crippen LogP contribution in [0.4, 0.5) is 5.69 Å². The van der Waals surface area contributed by atoms with Gasteiger partial charge in [-0.2, -0.15) is 0 Å². The highest BCUT2D eigenvalue weighted by Crippen LogP contribution is 2.49. The molecular weight excluding hydrogens is 306 g/mol. The first-order valence-electron chi connectivity index (χ1n) is 6.54. The Morgan fingerprint density at radius 3 is 2.53 bits per heavy atom. The summed E-state index contributed by atoms with van der Waals surface area (Å²) in [6.45, 7) is 4.25. The van der Waals surface area contributed by atoms with Gasteiger partial charge in [0.05, 0.1) is 7.11 Å². The lowest BCUT2D eigenvalue weighted by atomic mass is 9.74. The number of esters is 1. The third-order valence-electron chi connectivity index (χ3n) is 4.26. The molecule has 1 N–H and O–H groups in total. The third-order valence-corrected chi connectivity index (χ3v) is 4.96. The first-order chi connectivity index (χ1) is 8.93. The van der Waals surface area contributed by atoms with Crippen LogP contribution < -0.4 is 5.32 Å². The van der Waals surface area contributed by atoms with Crippen molar-refractivity contribution >= 4 is 27.6 Å². The van der Waals surface area contributed by atoms with Crippen molar-refractivity contribution < 1.29 is 9.53 Å². The molecule has 0 bridgehead atoms. The Morgan fingerprint density at radius 2 is 2.00 bits per heavy atom. The maximum Gasteiger partial charge on any atom is 0.332 e. The summed E-state index contributed by atoms with van der Waals surface area (Å²) < 4.78 is 6.03. The van der Waals surface area contributed by atoms with E-state index >= 15 is 0 Å². The van der Waals surface area contributed by atoms with Crippen molar-refractivity contribution in [2.75, 3.05) is 12.4 Å². The molecule has 1 aromatic rings. The predicted octanol–water partition coefficient (Wildman–Crippen LogP) is 3.98. The van der Waals surface area contributed by atoms with Crippen molar-refractivity contribution in [3.63, 3.8) is 0 Å². The van der Waals surface area contributed by atoms with Gasteiger partial charge in [0.1, 0.15) is 5.54 Å². The Labute approximate surface area is 122 Å². The average molecular weight is 326 g/mol. The summed E-state index contributed by atoms with van der Waals surface area (Å²) in [6.07, 6.45) is 2.84. The van der Waals surface area contributed by atoms with E-state index in [0.717, 1.165) is 29.4 Å². The number of anilines is 1. The predicted molar refractivity (Wildman–Crippen MR) is 80.1 cm³/mol. The molecule has 0 heterocycles. The minimum absolute atomic E-state index is 0.130. The van der Waals surface area contributed by atoms with E-state index in [1.165, 1.54) is 7.11 Å². The second-order valence-corrected chi connectivity index (χ2v) is 6.59. The van der Waals surface area contributed by atoms with Crippen molar-refractivity contribution in [2.24, 2.45) is 5.41 Å². The van der Waals surface area contributed by atoms with Gasteiger partial charge in [-0.15, -0.1) is 0 Å². The van der Waals surface area contributed by atoms with Crippen LogP contribution in [-0.2, 0) is 9.53 Å². The Balaban J connectivity index is 2.41. The van der Waals surface area contributed by atoms with Crippen LogP contribution in [0, 0.1) is 5.41 Å². The Kier molecular flexibility index (Phi) is 3.90. The van der Waals surface area contributed by atoms with Gasteiger partial charge in [-0.3, -0.25) is 0 Å². The minimum atomic E-state index is -0.647. The summed E-state index contributed by atoms with van der Waals surface area (Å²) in [5.41, 5.74) is 0.156. The lowest BCUT2D eigenvalue weighted by Crippen LogP contribution is -2.54. The monoisotopic (exact) mass is 325 g/mol. The van der Waals surface area contributed by atoms with Crippen LogP contribution in [0.1, 0.15) is 33.1 Å². The van der Waals surface area contributed by atoms with Gasteiger partial charge in [-0.1, -0.05) is 26.0 Å². The summed E-state index contributed by atoms with van der Waals surface area (Å²) in [4.78, 5) is 12.4. The number of para-hydroxylation sites is 1. The second-order valence-electron chi connectivity index (χ2n) is 5.74. The Hall–Kier alpha value is -1.03. The van der Waals surface area contributed by atoms with Crippen LogP contribution in [0.2, 0.25) is 0 Å². The molecule has 2 rings (SSSR count). The molecule has 0 spiro atoms. The molecule has 1 aromatic carbocycles. The number of halogens is 1. The first kappa shape index (κ1) is 14.4. The van der Waals surface area contributed by atoms with Gasteiger partial charge in [-0.25, -0.2) is 4.79 Å². The summed E-state index contributed by atoms with van der Waals surface area (Å²) in [5.74, 6) is -0.175. The molecule has 4 heteroatoms. The molecule has 0 saturated heterocycles. The number of ether oxygens (including phenoxy) is 1. The number of rotatable bonds is 3. The smallest absolute Gasteiger partial charge is 0.332 e. The Bertz CT molecular complexity index is 487. The molecule has 1 aliphatic carbocycles. The van der Waals surface area contributed by atoms with Crippen LogP contribution >= 0.6 is 15.9 Å². The van der Waals surface area contributed by atoms with Crippen LogP contribution in [-0.4, -0.2) is 18.6 Å². The zero-order valence-corrected chi connectivity index (χ0v) is 13.2. The zero-order chi connectivity index (χ0) is 14.1. The maximum atomic E-state index is 12.4. The fourth-order valence-corrected chi connectivity index (χ4v) is 3.36. The summed E-state index contributed by atoms with van der Waals surface area (Å²) in [7, 11) is 1.46. The molecule has 104 valence electrons. The van der Waals surface area contributed by atoms with Crippen LogP contribution in [0.3, 0.4) is 0 Å². The fraction of sp³-hybridized carbons (Fsp3) is 0.533. The van der Waals surface area contributed by atoms with E-state index in [1.807, 2.05) is 24.3 Å². The number of nitrogens with one attached hydrogen (secondary N) is 1. The van der Waals surface area contributed by atoms with E-state index in [4.69, 9.17) is 4.74 Å². The molecule has 0 aromatic heterocycles. The van der Waals surface area contributed by atoms with Crippen molar-refractivity contribution in [1.82, 2.24) is 0 Å². The van der Waals surface area contributed by atoms with Crippen molar-refractivity contribution in [3.8, 4) is 0 Å². The van der Waals surface area contributed by atoms with Crippen molar-refractivity contribution in [3.05, 3.63) is 28.7 Å². The number of benzene rings is 1. The topological polar surface area (TPSA) is 38.3 Å². The molecule has 0 amide bonds. The second kappa shape index (κ2) is 5.16. The van der Waals surface area contributed by atoms with E-state index in [9.17, 15) is 4.79 Å². The van der Waals surface area contributed by atoms with Gasteiger partial charge < -0.3 is 10.1 Å². The third kappa shape index (κ3) is 2.38. The van der Waals surface area contributed by atoms with Crippen molar-refractivity contribution in [2.45, 2.75) is 38.6 Å². The van der Waals surface area contributed by atoms with Crippen LogP contribution in [0.15, 0.2) is 28.7 Å². The number of methoxy groups -OCH3 is 1. The zero-order valence-electron chi connectivity index (χ0n) is 11.6. The van der Waals surface area contributed by atoms with Gasteiger partial charge in [0, 0.05) is 10.2 Å². The van der Waals surface area contributed by atoms with E-state index in [1.54, 1.807) is 0 Å². The lowest BCUT2D eigenvalue weighted by molar-refractivity contribution is -0.149. The molecule has 1 aliphatic rings. The number of hydrogen-bond donors (Lipinski definition) is 1. The lowest BCUT2D eigenvalue weighted by Gasteiger charge is -2.40. The maximum absolute atomic E-state index is 12.4. The molecule has 3 nitrogen and oxygen atoms in total. The van der Waals surface area contributed by atoms with E-state index in [0.29, 0.717) is 0 Å². The molecular formula is C15H20BrNO2. The van der Waals surface area contributed by atoms with E-state index in [2.05, 4.69) is 35.1 Å². The summed E-state index contributed by atoms with van der Waals surface area (Å²) >= 11 is 3.52. The normalized spacial score (nSPS) is 25.1. The van der Waals surface area contributed by atoms with Crippen LogP contribution in [0.5, 0.6) is 0 Å². The standard InChI is InChI=1S/C15H20BrNO2/c1-14(2)9-6-10-15(14,13(18)19-3)17-12-8-5-4-7-11(12)16/h4-5,7-8,17H,6,9-10H2,1-3H3. The average Bonchev–Trinajstić information content (AvgIpc) is 2.67. The first-order valence-corrected chi connectivity index (χ1v) is 7.33. The highest BCUT2D eigenvalue weighted by Gasteiger charge is 2.55. The number of carbonyl (C=O) groups excluding carboxylic acids is 1. The van der Waals surface area contributed by atoms with Gasteiger partial charge in [0.25, 0.3) is 0 Å². The van der Waals surface area contributed by atoms with E-state index in [-0.39, 0.29) is 11.4 Å². The molecule has 1 fully saturated rings. The molecule has 19 heavy (non-hydrogen) atoms. The largest absolute Gasteiger partial charge is 0.467 e. The summed E-state index contributed by atoms with van der Waals surface area (Å²) in [6, 6.07) is 7.86. The molecule has 1 saturated carbocycles. The minimum Gasteiger partial charge on any atom is -0.467 e. The van der Waals surface area contributed by atoms with Gasteiger partial charge in [0.2, 0.25) is 0 Å². The number of carbonyl (C=O) groups is 1. The molecule has 1 unspecified atom stereocenters. The quantitative estimate of drug-likeness (QED) is 0.854. The highest BCUT2D eigenvalue weighted by molar-refractivity contribution is 9.10. The molecule has 1 atom stereocenters. The fourth-order valence-electron chi connectivity index (χ4n) is 2.98. The molecule has 0 radical (unpaired) electrons. The Morgan fingerprint density at radius 1 is 1.32 bits per heavy atom. The molecule has 0 aliphatic heterocycles. The summed E-state index contributed by atoms with van der Waals surface area (Å²) in [5, 5.41) is 3.44. The SMILES string of the molecule is COC(=O)C1(Nc2ccccc2Br)CCCC1(C)C. The number of hydrogen-bond acceptors (Lipinski definition) is 3. The van der Waals surface area contributed by atoms with Gasteiger partial charge in [0.15, 0.2) is 0 Å². The van der Waals surface area contributed by atoms with Gasteiger partial charge >= 0.3 is 5.97 Å². The van der Waals surface area contributed by atoms with Gasteiger partial charge in [-0.05, 0) is 52.7 Å². The van der Waals surface area contributed by atoms with Crippen molar-refractivity contribution in [1.29, 1.82) is 0 Å². The van der Waals surface area contributed by atoms with E-state index < -0.39 is 5.54 Å². The highest BCUT2D eigenvalue weighted by atomic mass is 79.9.